The first-order valence-electron chi connectivity index (χ1n) is 8.42. The van der Waals surface area contributed by atoms with E-state index in [0.717, 1.165) is 12.8 Å². The van der Waals surface area contributed by atoms with Crippen LogP contribution in [0.3, 0.4) is 0 Å². The molecule has 3 rings (SSSR count). The molecule has 1 N–H and O–H groups in total. The largest absolute Gasteiger partial charge is 0.377 e. The minimum absolute atomic E-state index is 0.000796. The number of carbonyl (C=O) groups excluding carboxylic acids is 2. The fourth-order valence-electron chi connectivity index (χ4n) is 2.95. The molecule has 1 amide bonds. The Morgan fingerprint density at radius 1 is 1.16 bits per heavy atom. The summed E-state index contributed by atoms with van der Waals surface area (Å²) in [5, 5.41) is 11.6. The van der Waals surface area contributed by atoms with Crippen LogP contribution in [0.2, 0.25) is 0 Å². The fraction of sp³-hybridized carbons (Fsp3) is 0.444. The first-order chi connectivity index (χ1) is 12.2. The minimum atomic E-state index is -0.230. The van der Waals surface area contributed by atoms with Crippen LogP contribution < -0.4 is 5.32 Å². The average Bonchev–Trinajstić information content (AvgIpc) is 3.06. The number of aromatic nitrogens is 2. The Bertz CT molecular complexity index is 773. The number of ether oxygens (including phenoxy) is 1. The van der Waals surface area contributed by atoms with Gasteiger partial charge in [0.15, 0.2) is 5.78 Å². The van der Waals surface area contributed by atoms with Crippen LogP contribution in [0.4, 0.5) is 5.13 Å². The van der Waals surface area contributed by atoms with Gasteiger partial charge in [-0.25, -0.2) is 0 Å². The van der Waals surface area contributed by atoms with Crippen molar-refractivity contribution >= 4 is 28.2 Å². The number of anilines is 1. The second-order valence-electron chi connectivity index (χ2n) is 6.10. The molecule has 1 aromatic carbocycles. The molecule has 0 saturated carbocycles. The molecule has 0 atom stereocenters. The first-order valence-corrected chi connectivity index (χ1v) is 9.23. The Hall–Kier alpha value is -2.12. The number of nitrogens with one attached hydrogen (secondary N) is 1. The lowest BCUT2D eigenvalue weighted by Gasteiger charge is -2.16. The van der Waals surface area contributed by atoms with E-state index in [-0.39, 0.29) is 24.5 Å². The van der Waals surface area contributed by atoms with Crippen LogP contribution in [0, 0.1) is 0 Å². The number of fused-ring (bicyclic) bond motifs is 1. The van der Waals surface area contributed by atoms with E-state index in [1.807, 2.05) is 12.1 Å². The zero-order chi connectivity index (χ0) is 17.6. The summed E-state index contributed by atoms with van der Waals surface area (Å²) in [6, 6.07) is 5.93. The number of nitrogens with zero attached hydrogens (tertiary/aromatic N) is 2. The van der Waals surface area contributed by atoms with Crippen molar-refractivity contribution in [2.75, 3.05) is 12.4 Å². The zero-order valence-corrected chi connectivity index (χ0v) is 15.0. The summed E-state index contributed by atoms with van der Waals surface area (Å²) < 4.78 is 4.96. The van der Waals surface area contributed by atoms with E-state index in [2.05, 4.69) is 21.6 Å². The Morgan fingerprint density at radius 2 is 1.96 bits per heavy atom. The molecule has 1 aliphatic rings. The van der Waals surface area contributed by atoms with Crippen molar-refractivity contribution in [3.05, 3.63) is 39.9 Å². The van der Waals surface area contributed by atoms with Crippen LogP contribution in [0.1, 0.15) is 52.2 Å². The third kappa shape index (κ3) is 4.70. The lowest BCUT2D eigenvalue weighted by molar-refractivity contribution is -0.116. The van der Waals surface area contributed by atoms with Gasteiger partial charge in [0, 0.05) is 25.5 Å². The van der Waals surface area contributed by atoms with E-state index in [1.54, 1.807) is 7.11 Å². The van der Waals surface area contributed by atoms with Gasteiger partial charge < -0.3 is 10.1 Å². The number of ketones is 1. The maximum atomic E-state index is 12.4. The van der Waals surface area contributed by atoms with Gasteiger partial charge in [-0.05, 0) is 42.9 Å². The molecule has 0 spiro atoms. The SMILES string of the molecule is COCc1nnc(NC(=O)CCC(=O)c2ccc3c(c2)CCCC3)s1. The van der Waals surface area contributed by atoms with Gasteiger partial charge in [0.05, 0.1) is 0 Å². The number of benzene rings is 1. The van der Waals surface area contributed by atoms with Gasteiger partial charge >= 0.3 is 0 Å². The lowest BCUT2D eigenvalue weighted by atomic mass is 9.89. The van der Waals surface area contributed by atoms with Crippen molar-refractivity contribution < 1.29 is 14.3 Å². The molecule has 0 unspecified atom stereocenters. The molecule has 0 saturated heterocycles. The zero-order valence-electron chi connectivity index (χ0n) is 14.2. The predicted molar refractivity (Wildman–Crippen MR) is 95.9 cm³/mol. The summed E-state index contributed by atoms with van der Waals surface area (Å²) in [5.41, 5.74) is 3.33. The van der Waals surface area contributed by atoms with Crippen LogP contribution in [-0.4, -0.2) is 29.0 Å². The number of carbonyl (C=O) groups is 2. The standard InChI is InChI=1S/C18H21N3O3S/c1-24-11-17-20-21-18(25-17)19-16(23)9-8-15(22)14-7-6-12-4-2-3-5-13(12)10-14/h6-7,10H,2-5,8-9,11H2,1H3,(H,19,21,23). The average molecular weight is 359 g/mol. The Kier molecular flexibility index (Phi) is 5.88. The van der Waals surface area contributed by atoms with Crippen LogP contribution in [0.15, 0.2) is 18.2 Å². The maximum absolute atomic E-state index is 12.4. The molecule has 6 nitrogen and oxygen atoms in total. The summed E-state index contributed by atoms with van der Waals surface area (Å²) in [5.74, 6) is -0.229. The summed E-state index contributed by atoms with van der Waals surface area (Å²) >= 11 is 1.27. The van der Waals surface area contributed by atoms with E-state index < -0.39 is 0 Å². The summed E-state index contributed by atoms with van der Waals surface area (Å²) in [6.07, 6.45) is 4.86. The molecule has 0 radical (unpaired) electrons. The molecule has 25 heavy (non-hydrogen) atoms. The first kappa shape index (κ1) is 17.7. The summed E-state index contributed by atoms with van der Waals surface area (Å²) in [6.45, 7) is 0.365. The number of Topliss-reactive ketones (excluding diaryl/α,β-unsaturated/α-hetero) is 1. The smallest absolute Gasteiger partial charge is 0.226 e. The second-order valence-corrected chi connectivity index (χ2v) is 7.16. The molecule has 0 aliphatic heterocycles. The number of hydrogen-bond donors (Lipinski definition) is 1. The maximum Gasteiger partial charge on any atom is 0.226 e. The summed E-state index contributed by atoms with van der Waals surface area (Å²) in [4.78, 5) is 24.3. The van der Waals surface area contributed by atoms with Gasteiger partial charge in [-0.3, -0.25) is 9.59 Å². The highest BCUT2D eigenvalue weighted by Crippen LogP contribution is 2.23. The third-order valence-corrected chi connectivity index (χ3v) is 5.04. The number of rotatable bonds is 7. The van der Waals surface area contributed by atoms with Crippen LogP contribution in [0.5, 0.6) is 0 Å². The Morgan fingerprint density at radius 3 is 2.76 bits per heavy atom. The number of methoxy groups -OCH3 is 1. The minimum Gasteiger partial charge on any atom is -0.377 e. The predicted octanol–water partition coefficient (Wildman–Crippen LogP) is 3.16. The normalized spacial score (nSPS) is 13.3. The Balaban J connectivity index is 1.52. The molecule has 132 valence electrons. The highest BCUT2D eigenvalue weighted by Gasteiger charge is 2.15. The molecule has 0 bridgehead atoms. The van der Waals surface area contributed by atoms with Crippen molar-refractivity contribution in [1.82, 2.24) is 10.2 Å². The van der Waals surface area contributed by atoms with Gasteiger partial charge in [-0.1, -0.05) is 23.5 Å². The van der Waals surface area contributed by atoms with Crippen LogP contribution in [-0.2, 0) is 29.0 Å². The second kappa shape index (κ2) is 8.31. The van der Waals surface area contributed by atoms with Gasteiger partial charge in [0.2, 0.25) is 11.0 Å². The van der Waals surface area contributed by atoms with E-state index in [0.29, 0.717) is 22.3 Å². The molecule has 2 aromatic rings. The number of hydrogen-bond acceptors (Lipinski definition) is 6. The van der Waals surface area contributed by atoms with E-state index >= 15 is 0 Å². The molecular weight excluding hydrogens is 338 g/mol. The van der Waals surface area contributed by atoms with Crippen molar-refractivity contribution in [3.8, 4) is 0 Å². The molecule has 0 fully saturated rings. The fourth-order valence-corrected chi connectivity index (χ4v) is 3.67. The van der Waals surface area contributed by atoms with Gasteiger partial charge in [-0.15, -0.1) is 10.2 Å². The van der Waals surface area contributed by atoms with Gasteiger partial charge in [0.25, 0.3) is 0 Å². The molecule has 7 heteroatoms. The third-order valence-electron chi connectivity index (χ3n) is 4.23. The monoisotopic (exact) mass is 359 g/mol. The molecule has 1 heterocycles. The summed E-state index contributed by atoms with van der Waals surface area (Å²) in [7, 11) is 1.58. The van der Waals surface area contributed by atoms with Crippen molar-refractivity contribution in [1.29, 1.82) is 0 Å². The number of amides is 1. The van der Waals surface area contributed by atoms with Crippen LogP contribution >= 0.6 is 11.3 Å². The van der Waals surface area contributed by atoms with E-state index in [4.69, 9.17) is 4.74 Å². The molecule has 1 aliphatic carbocycles. The van der Waals surface area contributed by atoms with Crippen molar-refractivity contribution in [2.45, 2.75) is 45.1 Å². The van der Waals surface area contributed by atoms with Crippen LogP contribution in [0.25, 0.3) is 0 Å². The van der Waals surface area contributed by atoms with Gasteiger partial charge in [0.1, 0.15) is 11.6 Å². The highest BCUT2D eigenvalue weighted by atomic mass is 32.1. The van der Waals surface area contributed by atoms with Crippen molar-refractivity contribution in [3.63, 3.8) is 0 Å². The topological polar surface area (TPSA) is 81.2 Å². The highest BCUT2D eigenvalue weighted by molar-refractivity contribution is 7.15. The van der Waals surface area contributed by atoms with E-state index in [9.17, 15) is 9.59 Å². The Labute approximate surface area is 150 Å². The van der Waals surface area contributed by atoms with Gasteiger partial charge in [-0.2, -0.15) is 0 Å². The van der Waals surface area contributed by atoms with Crippen molar-refractivity contribution in [2.24, 2.45) is 0 Å². The van der Waals surface area contributed by atoms with E-state index in [1.165, 1.54) is 35.3 Å². The lowest BCUT2D eigenvalue weighted by Crippen LogP contribution is -2.14. The molecule has 1 aromatic heterocycles. The quantitative estimate of drug-likeness (QED) is 0.768. The number of aryl methyl sites for hydroxylation is 2. The molecular formula is C18H21N3O3S.